The van der Waals surface area contributed by atoms with Crippen molar-refractivity contribution in [2.45, 2.75) is 33.3 Å². The highest BCUT2D eigenvalue weighted by atomic mass is 16.5. The van der Waals surface area contributed by atoms with Gasteiger partial charge in [0.2, 0.25) is 5.91 Å². The molecule has 0 aromatic carbocycles. The van der Waals surface area contributed by atoms with Gasteiger partial charge in [-0.05, 0) is 7.05 Å². The first-order valence-corrected chi connectivity index (χ1v) is 5.79. The van der Waals surface area contributed by atoms with Crippen molar-refractivity contribution in [2.24, 2.45) is 0 Å². The van der Waals surface area contributed by atoms with Gasteiger partial charge in [0.25, 0.3) is 0 Å². The minimum absolute atomic E-state index is 0.00479. The molecule has 2 aliphatic rings. The maximum atomic E-state index is 10.7. The van der Waals surface area contributed by atoms with E-state index in [1.54, 1.807) is 0 Å². The Bertz CT molecular complexity index is 177. The van der Waals surface area contributed by atoms with Crippen LogP contribution in [0.15, 0.2) is 0 Å². The van der Waals surface area contributed by atoms with E-state index in [0.29, 0.717) is 6.54 Å². The van der Waals surface area contributed by atoms with Crippen LogP contribution in [-0.4, -0.2) is 49.7 Å². The van der Waals surface area contributed by atoms with E-state index in [1.165, 1.54) is 0 Å². The fourth-order valence-corrected chi connectivity index (χ4v) is 1.72. The Morgan fingerprint density at radius 1 is 1.27 bits per heavy atom. The number of nitrogens with one attached hydrogen (secondary N) is 1. The van der Waals surface area contributed by atoms with Gasteiger partial charge in [0.05, 0.1) is 0 Å². The number of ether oxygens (including phenoxy) is 1. The number of likely N-dealkylation sites (N-methyl/N-ethyl adjacent to an activating group) is 1. The van der Waals surface area contributed by atoms with Crippen LogP contribution < -0.4 is 5.32 Å². The molecule has 2 heterocycles. The maximum absolute atomic E-state index is 10.7. The van der Waals surface area contributed by atoms with Gasteiger partial charge in [-0.25, -0.2) is 0 Å². The van der Waals surface area contributed by atoms with Crippen molar-refractivity contribution in [1.29, 1.82) is 0 Å². The summed E-state index contributed by atoms with van der Waals surface area (Å²) in [4.78, 5) is 12.9. The van der Waals surface area contributed by atoms with E-state index in [0.717, 1.165) is 13.1 Å². The first-order chi connectivity index (χ1) is 7.20. The number of hydrogen-bond donors (Lipinski definition) is 1. The van der Waals surface area contributed by atoms with Gasteiger partial charge in [-0.1, -0.05) is 27.7 Å². The van der Waals surface area contributed by atoms with E-state index in [9.17, 15) is 4.79 Å². The second kappa shape index (κ2) is 6.80. The molecule has 0 aromatic rings. The van der Waals surface area contributed by atoms with Crippen LogP contribution in [0.1, 0.15) is 27.7 Å². The Labute approximate surface area is 93.0 Å². The van der Waals surface area contributed by atoms with Crippen LogP contribution in [0.4, 0.5) is 0 Å². The lowest BCUT2D eigenvalue weighted by atomic mass is 9.93. The van der Waals surface area contributed by atoms with E-state index in [-0.39, 0.29) is 18.1 Å². The minimum atomic E-state index is -0.0529. The predicted molar refractivity (Wildman–Crippen MR) is 61.9 cm³/mol. The molecular formula is C11H24N2O2. The van der Waals surface area contributed by atoms with Crippen molar-refractivity contribution >= 4 is 5.91 Å². The standard InChI is InChI=1S/C7H12N2O2.2C2H6/c1-9-4-7(5-9)3-8-6(10)2-11-7;2*1-2/h2-5H2,1H3,(H,8,10);2*1-2H3. The monoisotopic (exact) mass is 216 g/mol. The third kappa shape index (κ3) is 3.80. The van der Waals surface area contributed by atoms with E-state index in [2.05, 4.69) is 10.2 Å². The molecule has 0 aliphatic carbocycles. The van der Waals surface area contributed by atoms with Gasteiger partial charge in [-0.3, -0.25) is 4.79 Å². The summed E-state index contributed by atoms with van der Waals surface area (Å²) in [6.45, 7) is 10.8. The molecule has 2 rings (SSSR count). The largest absolute Gasteiger partial charge is 0.361 e. The van der Waals surface area contributed by atoms with E-state index in [4.69, 9.17) is 4.74 Å². The lowest BCUT2D eigenvalue weighted by Gasteiger charge is -2.49. The predicted octanol–water partition coefficient (Wildman–Crippen LogP) is 0.869. The Morgan fingerprint density at radius 2 is 1.80 bits per heavy atom. The molecule has 2 aliphatic heterocycles. The molecule has 1 N–H and O–H groups in total. The molecule has 1 amide bonds. The number of carbonyl (C=O) groups excluding carboxylic acids is 1. The third-order valence-electron chi connectivity index (χ3n) is 2.23. The van der Waals surface area contributed by atoms with Crippen LogP contribution in [0, 0.1) is 0 Å². The Kier molecular flexibility index (Phi) is 6.52. The molecule has 90 valence electrons. The molecule has 4 heteroatoms. The Balaban J connectivity index is 0.000000442. The summed E-state index contributed by atoms with van der Waals surface area (Å²) in [6.07, 6.45) is 0. The number of morpholine rings is 1. The summed E-state index contributed by atoms with van der Waals surface area (Å²) < 4.78 is 5.43. The molecule has 0 aromatic heterocycles. The van der Waals surface area contributed by atoms with Crippen molar-refractivity contribution in [1.82, 2.24) is 10.2 Å². The van der Waals surface area contributed by atoms with Gasteiger partial charge in [0.15, 0.2) is 0 Å². The van der Waals surface area contributed by atoms with Gasteiger partial charge in [0, 0.05) is 19.6 Å². The van der Waals surface area contributed by atoms with Gasteiger partial charge in [0.1, 0.15) is 12.2 Å². The van der Waals surface area contributed by atoms with Crippen LogP contribution in [0.25, 0.3) is 0 Å². The summed E-state index contributed by atoms with van der Waals surface area (Å²) in [5, 5.41) is 2.80. The molecule has 0 radical (unpaired) electrons. The van der Waals surface area contributed by atoms with Crippen LogP contribution in [0.3, 0.4) is 0 Å². The number of carbonyl (C=O) groups is 1. The lowest BCUT2D eigenvalue weighted by molar-refractivity contribution is -0.168. The average molecular weight is 216 g/mol. The molecule has 15 heavy (non-hydrogen) atoms. The van der Waals surface area contributed by atoms with E-state index in [1.807, 2.05) is 34.7 Å². The third-order valence-corrected chi connectivity index (χ3v) is 2.23. The molecular weight excluding hydrogens is 192 g/mol. The molecule has 2 fully saturated rings. The summed E-state index contributed by atoms with van der Waals surface area (Å²) in [5.74, 6) is 0.00479. The minimum Gasteiger partial charge on any atom is -0.361 e. The smallest absolute Gasteiger partial charge is 0.246 e. The van der Waals surface area contributed by atoms with Crippen molar-refractivity contribution in [3.05, 3.63) is 0 Å². The number of amides is 1. The molecule has 1 spiro atoms. The molecule has 2 saturated heterocycles. The fourth-order valence-electron chi connectivity index (χ4n) is 1.72. The van der Waals surface area contributed by atoms with Crippen molar-refractivity contribution in [3.63, 3.8) is 0 Å². The summed E-state index contributed by atoms with van der Waals surface area (Å²) in [6, 6.07) is 0. The number of likely N-dealkylation sites (tertiary alicyclic amines) is 1. The van der Waals surface area contributed by atoms with E-state index < -0.39 is 0 Å². The average Bonchev–Trinajstić information content (AvgIpc) is 2.26. The lowest BCUT2D eigenvalue weighted by Crippen LogP contribution is -2.69. The Morgan fingerprint density at radius 3 is 2.13 bits per heavy atom. The van der Waals surface area contributed by atoms with Crippen LogP contribution in [-0.2, 0) is 9.53 Å². The highest BCUT2D eigenvalue weighted by Crippen LogP contribution is 2.24. The first-order valence-electron chi connectivity index (χ1n) is 5.79. The van der Waals surface area contributed by atoms with Gasteiger partial charge < -0.3 is 15.0 Å². The summed E-state index contributed by atoms with van der Waals surface area (Å²) in [5.41, 5.74) is -0.0529. The summed E-state index contributed by atoms with van der Waals surface area (Å²) >= 11 is 0. The van der Waals surface area contributed by atoms with Crippen LogP contribution in [0.2, 0.25) is 0 Å². The molecule has 0 atom stereocenters. The normalized spacial score (nSPS) is 22.6. The van der Waals surface area contributed by atoms with Crippen molar-refractivity contribution in [3.8, 4) is 0 Å². The van der Waals surface area contributed by atoms with Gasteiger partial charge in [-0.2, -0.15) is 0 Å². The number of hydrogen-bond acceptors (Lipinski definition) is 3. The van der Waals surface area contributed by atoms with E-state index >= 15 is 0 Å². The molecule has 0 bridgehead atoms. The van der Waals surface area contributed by atoms with Crippen LogP contribution >= 0.6 is 0 Å². The zero-order valence-corrected chi connectivity index (χ0v) is 10.6. The topological polar surface area (TPSA) is 41.6 Å². The number of nitrogens with zero attached hydrogens (tertiary/aromatic N) is 1. The van der Waals surface area contributed by atoms with Gasteiger partial charge in [-0.15, -0.1) is 0 Å². The molecule has 0 saturated carbocycles. The first kappa shape index (κ1) is 14.4. The highest BCUT2D eigenvalue weighted by Gasteiger charge is 2.44. The second-order valence-electron chi connectivity index (χ2n) is 3.42. The maximum Gasteiger partial charge on any atom is 0.246 e. The highest BCUT2D eigenvalue weighted by molar-refractivity contribution is 5.78. The quantitative estimate of drug-likeness (QED) is 0.653. The SMILES string of the molecule is CC.CC.CN1CC2(CNC(=O)CO2)C1. The zero-order chi connectivity index (χ0) is 11.9. The fraction of sp³-hybridized carbons (Fsp3) is 0.909. The Hall–Kier alpha value is -0.610. The molecule has 4 nitrogen and oxygen atoms in total. The molecule has 0 unspecified atom stereocenters. The van der Waals surface area contributed by atoms with Gasteiger partial charge >= 0.3 is 0 Å². The van der Waals surface area contributed by atoms with Crippen molar-refractivity contribution < 1.29 is 9.53 Å². The zero-order valence-electron chi connectivity index (χ0n) is 10.6. The van der Waals surface area contributed by atoms with Crippen molar-refractivity contribution in [2.75, 3.05) is 33.3 Å². The second-order valence-corrected chi connectivity index (χ2v) is 3.42. The summed E-state index contributed by atoms with van der Waals surface area (Å²) in [7, 11) is 2.05. The van der Waals surface area contributed by atoms with Crippen LogP contribution in [0.5, 0.6) is 0 Å². The number of rotatable bonds is 0.